The summed E-state index contributed by atoms with van der Waals surface area (Å²) in [5, 5.41) is 13.5. The molecule has 0 amide bonds. The van der Waals surface area contributed by atoms with Crippen molar-refractivity contribution >= 4 is 60.4 Å². The summed E-state index contributed by atoms with van der Waals surface area (Å²) in [6.45, 7) is 1.97. The molecule has 0 aliphatic heterocycles. The molecule has 4 rings (SSSR count). The first kappa shape index (κ1) is 17.5. The van der Waals surface area contributed by atoms with Gasteiger partial charge in [-0.15, -0.1) is 22.7 Å². The molecule has 1 N–H and O–H groups in total. The molecule has 0 bridgehead atoms. The summed E-state index contributed by atoms with van der Waals surface area (Å²) in [6, 6.07) is 13.3. The Labute approximate surface area is 163 Å². The van der Waals surface area contributed by atoms with E-state index in [9.17, 15) is 9.90 Å². The third-order valence-electron chi connectivity index (χ3n) is 4.41. The highest BCUT2D eigenvalue weighted by Gasteiger charge is 2.24. The summed E-state index contributed by atoms with van der Waals surface area (Å²) in [4.78, 5) is 13.6. The Bertz CT molecular complexity index is 1140. The van der Waals surface area contributed by atoms with Crippen LogP contribution in [-0.4, -0.2) is 18.2 Å². The lowest BCUT2D eigenvalue weighted by molar-refractivity contribution is 0.0601. The summed E-state index contributed by atoms with van der Waals surface area (Å²) in [6.07, 6.45) is -0.846. The number of carbonyl (C=O) groups is 1. The third kappa shape index (κ3) is 2.72. The van der Waals surface area contributed by atoms with Gasteiger partial charge >= 0.3 is 5.97 Å². The molecule has 4 aromatic rings. The average molecular weight is 403 g/mol. The van der Waals surface area contributed by atoms with Gasteiger partial charge in [0.2, 0.25) is 0 Å². The van der Waals surface area contributed by atoms with Crippen LogP contribution in [0, 0.1) is 6.92 Å². The number of ether oxygens (including phenoxy) is 1. The van der Waals surface area contributed by atoms with E-state index >= 15 is 0 Å². The standard InChI is InChI=1S/C20H15ClO3S2/c1-10-16(13-9-11(20(23)24-2)7-8-15(13)25-10)18(22)19-17(21)12-5-3-4-6-14(12)26-19/h3-9,18,22H,1-2H3. The van der Waals surface area contributed by atoms with Gasteiger partial charge in [-0.3, -0.25) is 0 Å². The first-order valence-corrected chi connectivity index (χ1v) is 9.98. The smallest absolute Gasteiger partial charge is 0.337 e. The number of carbonyl (C=O) groups excluding carboxylic acids is 1. The minimum absolute atomic E-state index is 0.393. The predicted octanol–water partition coefficient (Wildman–Crippen LogP) is 5.95. The van der Waals surface area contributed by atoms with Crippen LogP contribution in [0.5, 0.6) is 0 Å². The molecular formula is C20H15ClO3S2. The van der Waals surface area contributed by atoms with E-state index in [1.165, 1.54) is 18.4 Å². The second kappa shape index (κ2) is 6.67. The van der Waals surface area contributed by atoms with Gasteiger partial charge < -0.3 is 9.84 Å². The second-order valence-corrected chi connectivity index (χ2v) is 8.67. The normalized spacial score (nSPS) is 12.6. The Kier molecular flexibility index (Phi) is 4.49. The number of methoxy groups -OCH3 is 1. The number of aliphatic hydroxyl groups is 1. The minimum Gasteiger partial charge on any atom is -0.465 e. The molecule has 1 atom stereocenters. The summed E-state index contributed by atoms with van der Waals surface area (Å²) >= 11 is 9.64. The van der Waals surface area contributed by atoms with Crippen LogP contribution in [0.1, 0.15) is 31.8 Å². The van der Waals surface area contributed by atoms with E-state index in [1.54, 1.807) is 23.5 Å². The Morgan fingerprint density at radius 1 is 1.12 bits per heavy atom. The number of rotatable bonds is 3. The van der Waals surface area contributed by atoms with E-state index in [2.05, 4.69) is 0 Å². The average Bonchev–Trinajstić information content (AvgIpc) is 3.16. The van der Waals surface area contributed by atoms with Gasteiger partial charge in [-0.05, 0) is 36.6 Å². The van der Waals surface area contributed by atoms with Crippen molar-refractivity contribution in [1.29, 1.82) is 0 Å². The van der Waals surface area contributed by atoms with Crippen molar-refractivity contribution in [2.75, 3.05) is 7.11 Å². The molecule has 2 heterocycles. The molecule has 6 heteroatoms. The number of aliphatic hydroxyl groups excluding tert-OH is 1. The lowest BCUT2D eigenvalue weighted by Crippen LogP contribution is -2.02. The van der Waals surface area contributed by atoms with Crippen LogP contribution in [-0.2, 0) is 4.74 Å². The van der Waals surface area contributed by atoms with Gasteiger partial charge in [-0.25, -0.2) is 4.79 Å². The maximum Gasteiger partial charge on any atom is 0.337 e. The quantitative estimate of drug-likeness (QED) is 0.431. The van der Waals surface area contributed by atoms with Crippen molar-refractivity contribution in [1.82, 2.24) is 0 Å². The molecule has 2 aromatic carbocycles. The molecule has 0 saturated carbocycles. The van der Waals surface area contributed by atoms with Crippen LogP contribution in [0.4, 0.5) is 0 Å². The van der Waals surface area contributed by atoms with E-state index in [4.69, 9.17) is 16.3 Å². The van der Waals surface area contributed by atoms with Crippen molar-refractivity contribution in [2.24, 2.45) is 0 Å². The van der Waals surface area contributed by atoms with Crippen LogP contribution < -0.4 is 0 Å². The van der Waals surface area contributed by atoms with Gasteiger partial charge in [0.1, 0.15) is 6.10 Å². The molecule has 0 saturated heterocycles. The van der Waals surface area contributed by atoms with Gasteiger partial charge in [0.05, 0.1) is 22.6 Å². The van der Waals surface area contributed by atoms with Crippen molar-refractivity contribution in [3.63, 3.8) is 0 Å². The molecule has 2 aromatic heterocycles. The first-order chi connectivity index (χ1) is 12.5. The topological polar surface area (TPSA) is 46.5 Å². The Morgan fingerprint density at radius 2 is 1.85 bits per heavy atom. The third-order valence-corrected chi connectivity index (χ3v) is 7.26. The Hall–Kier alpha value is -1.92. The zero-order chi connectivity index (χ0) is 18.4. The Balaban J connectivity index is 1.90. The predicted molar refractivity (Wildman–Crippen MR) is 109 cm³/mol. The van der Waals surface area contributed by atoms with E-state index in [0.717, 1.165) is 35.5 Å². The van der Waals surface area contributed by atoms with Crippen molar-refractivity contribution < 1.29 is 14.6 Å². The summed E-state index contributed by atoms with van der Waals surface area (Å²) in [5.74, 6) is -0.393. The molecule has 0 fully saturated rings. The molecule has 1 unspecified atom stereocenters. The molecule has 0 spiro atoms. The number of benzene rings is 2. The van der Waals surface area contributed by atoms with Gasteiger partial charge in [-0.2, -0.15) is 0 Å². The second-order valence-electron chi connectivity index (χ2n) is 5.95. The fourth-order valence-corrected chi connectivity index (χ4v) is 5.77. The maximum absolute atomic E-state index is 11.9. The largest absolute Gasteiger partial charge is 0.465 e. The van der Waals surface area contributed by atoms with Gasteiger partial charge in [-0.1, -0.05) is 29.8 Å². The molecule has 0 radical (unpaired) electrons. The molecular weight excluding hydrogens is 388 g/mol. The Morgan fingerprint density at radius 3 is 2.58 bits per heavy atom. The molecule has 0 aliphatic carbocycles. The summed E-state index contributed by atoms with van der Waals surface area (Å²) < 4.78 is 6.87. The highest BCUT2D eigenvalue weighted by Crippen LogP contribution is 2.45. The number of hydrogen-bond acceptors (Lipinski definition) is 5. The minimum atomic E-state index is -0.846. The highest BCUT2D eigenvalue weighted by molar-refractivity contribution is 7.20. The van der Waals surface area contributed by atoms with Crippen molar-refractivity contribution in [3.8, 4) is 0 Å². The van der Waals surface area contributed by atoms with Crippen LogP contribution in [0.2, 0.25) is 5.02 Å². The van der Waals surface area contributed by atoms with E-state index < -0.39 is 12.1 Å². The number of hydrogen-bond donors (Lipinski definition) is 1. The van der Waals surface area contributed by atoms with E-state index in [1.807, 2.05) is 37.3 Å². The van der Waals surface area contributed by atoms with Crippen molar-refractivity contribution in [3.05, 3.63) is 68.4 Å². The van der Waals surface area contributed by atoms with Crippen LogP contribution in [0.15, 0.2) is 42.5 Å². The van der Waals surface area contributed by atoms with Crippen LogP contribution in [0.3, 0.4) is 0 Å². The van der Waals surface area contributed by atoms with Crippen LogP contribution >= 0.6 is 34.3 Å². The van der Waals surface area contributed by atoms with E-state index in [-0.39, 0.29) is 0 Å². The fourth-order valence-electron chi connectivity index (χ4n) is 3.16. The number of thiophene rings is 2. The van der Waals surface area contributed by atoms with Gasteiger partial charge in [0, 0.05) is 25.2 Å². The maximum atomic E-state index is 11.9. The first-order valence-electron chi connectivity index (χ1n) is 7.97. The van der Waals surface area contributed by atoms with Gasteiger partial charge in [0.15, 0.2) is 0 Å². The fraction of sp³-hybridized carbons (Fsp3) is 0.150. The molecule has 26 heavy (non-hydrogen) atoms. The molecule has 3 nitrogen and oxygen atoms in total. The summed E-state index contributed by atoms with van der Waals surface area (Å²) in [7, 11) is 1.36. The number of halogens is 1. The van der Waals surface area contributed by atoms with Gasteiger partial charge in [0.25, 0.3) is 0 Å². The van der Waals surface area contributed by atoms with Crippen LogP contribution in [0.25, 0.3) is 20.2 Å². The zero-order valence-corrected chi connectivity index (χ0v) is 16.5. The number of fused-ring (bicyclic) bond motifs is 2. The van der Waals surface area contributed by atoms with E-state index in [0.29, 0.717) is 10.6 Å². The number of aryl methyl sites for hydroxylation is 1. The highest BCUT2D eigenvalue weighted by atomic mass is 35.5. The molecule has 0 aliphatic rings. The van der Waals surface area contributed by atoms with Crippen molar-refractivity contribution in [2.45, 2.75) is 13.0 Å². The molecule has 132 valence electrons. The SMILES string of the molecule is COC(=O)c1ccc2sc(C)c(C(O)c3sc4ccccc4c3Cl)c2c1. The lowest BCUT2D eigenvalue weighted by Gasteiger charge is -2.11. The number of esters is 1. The zero-order valence-electron chi connectivity index (χ0n) is 14.1. The summed E-state index contributed by atoms with van der Waals surface area (Å²) in [5.41, 5.74) is 1.26. The lowest BCUT2D eigenvalue weighted by atomic mass is 10.0. The monoisotopic (exact) mass is 402 g/mol.